The largest absolute Gasteiger partial charge is 0.481 e. The van der Waals surface area contributed by atoms with E-state index in [-0.39, 0.29) is 74.6 Å². The first-order valence-electron chi connectivity index (χ1n) is 28.1. The Kier molecular flexibility index (Phi) is 24.4. The Morgan fingerprint density at radius 2 is 1.07 bits per heavy atom. The summed E-state index contributed by atoms with van der Waals surface area (Å²) in [6.07, 6.45) is 11.1. The first kappa shape index (κ1) is 64.5. The lowest BCUT2D eigenvalue weighted by Gasteiger charge is -2.42. The van der Waals surface area contributed by atoms with Crippen molar-refractivity contribution in [2.45, 2.75) is 186 Å². The van der Waals surface area contributed by atoms with Crippen LogP contribution in [0.2, 0.25) is 0 Å². The number of hydrogen-bond acceptors (Lipinski definition) is 12. The molecule has 1 N–H and O–H groups in total. The molecule has 9 atom stereocenters. The minimum absolute atomic E-state index is 0.0232. The molecule has 0 saturated carbocycles. The number of hydrogen-bond donors (Lipinski definition) is 1. The fraction of sp³-hybridized carbons (Fsp3) is 0.862. The molecule has 0 aromatic heterocycles. The Hall–Kier alpha value is -3.76. The van der Waals surface area contributed by atoms with Crippen LogP contribution < -0.4 is 0 Å². The standard InChI is InChI=1S/C58H100N4O12/c1-17-19-20-21-22-23-24-25-26-27-28-60-47(63)42(44(50(60)66)56(8,9)34-40(53(69)70)39(4)54(71)74-18-2)35-57(10,11)45-43(48(64)61(51(45)67)30-29-59(14)15)36-58(12,13)46-41(33-55(5,6)7)49(65)62(52(46)68)38(3)37-73-32-31-72-16/h38-46H,17-37H2,1-16H3,(H,69,70). The van der Waals surface area contributed by atoms with Crippen molar-refractivity contribution < 1.29 is 57.7 Å². The lowest BCUT2D eigenvalue weighted by atomic mass is 9.59. The molecular weight excluding hydrogens is 945 g/mol. The van der Waals surface area contributed by atoms with E-state index in [0.29, 0.717) is 32.6 Å². The number of aliphatic carboxylic acids is 1. The first-order valence-corrected chi connectivity index (χ1v) is 28.1. The maximum absolute atomic E-state index is 15.1. The Morgan fingerprint density at radius 3 is 1.53 bits per heavy atom. The number of esters is 1. The van der Waals surface area contributed by atoms with Crippen molar-refractivity contribution in [2.75, 3.05) is 67.3 Å². The van der Waals surface area contributed by atoms with Gasteiger partial charge in [0.2, 0.25) is 35.4 Å². The van der Waals surface area contributed by atoms with Gasteiger partial charge in [0.05, 0.1) is 79.8 Å². The zero-order chi connectivity index (χ0) is 56.1. The van der Waals surface area contributed by atoms with Crippen LogP contribution in [0.1, 0.15) is 180 Å². The van der Waals surface area contributed by atoms with E-state index in [4.69, 9.17) is 14.2 Å². The number of likely N-dealkylation sites (tertiary alicyclic amines) is 3. The number of likely N-dealkylation sites (N-methyl/N-ethyl adjacent to an activating group) is 1. The summed E-state index contributed by atoms with van der Waals surface area (Å²) in [5.41, 5.74) is -3.56. The predicted molar refractivity (Wildman–Crippen MR) is 285 cm³/mol. The summed E-state index contributed by atoms with van der Waals surface area (Å²) >= 11 is 0. The summed E-state index contributed by atoms with van der Waals surface area (Å²) in [5.74, 6) is -11.8. The number of carboxylic acid groups (broad SMARTS) is 1. The Bertz CT molecular complexity index is 1920. The van der Waals surface area contributed by atoms with E-state index >= 15 is 14.4 Å². The van der Waals surface area contributed by atoms with E-state index in [1.165, 1.54) is 53.7 Å². The minimum atomic E-state index is -1.23. The van der Waals surface area contributed by atoms with Crippen molar-refractivity contribution in [3.8, 4) is 0 Å². The highest BCUT2D eigenvalue weighted by molar-refractivity contribution is 6.08. The molecule has 0 spiro atoms. The van der Waals surface area contributed by atoms with Crippen molar-refractivity contribution in [1.82, 2.24) is 19.6 Å². The van der Waals surface area contributed by atoms with Crippen LogP contribution in [0.15, 0.2) is 0 Å². The number of nitrogens with zero attached hydrogens (tertiary/aromatic N) is 4. The number of amides is 6. The lowest BCUT2D eigenvalue weighted by molar-refractivity contribution is -0.158. The zero-order valence-electron chi connectivity index (χ0n) is 48.8. The fourth-order valence-corrected chi connectivity index (χ4v) is 12.6. The van der Waals surface area contributed by atoms with Gasteiger partial charge in [0, 0.05) is 26.7 Å². The van der Waals surface area contributed by atoms with Crippen molar-refractivity contribution in [3.05, 3.63) is 0 Å². The number of ether oxygens (including phenoxy) is 3. The molecule has 0 bridgehead atoms. The summed E-state index contributed by atoms with van der Waals surface area (Å²) in [6, 6.07) is -0.564. The zero-order valence-corrected chi connectivity index (χ0v) is 48.8. The number of unbranched alkanes of at least 4 members (excludes halogenated alkanes) is 9. The molecule has 3 fully saturated rings. The van der Waals surface area contributed by atoms with E-state index in [1.807, 2.05) is 67.5 Å². The Morgan fingerprint density at radius 1 is 0.608 bits per heavy atom. The number of methoxy groups -OCH3 is 1. The first-order chi connectivity index (χ1) is 34.4. The molecular formula is C58H100N4O12. The van der Waals surface area contributed by atoms with Crippen LogP contribution in [0.4, 0.5) is 0 Å². The Balaban J connectivity index is 2.11. The predicted octanol–water partition coefficient (Wildman–Crippen LogP) is 8.91. The van der Waals surface area contributed by atoms with Crippen LogP contribution >= 0.6 is 0 Å². The molecule has 0 aliphatic carbocycles. The molecule has 3 saturated heterocycles. The van der Waals surface area contributed by atoms with Gasteiger partial charge in [-0.1, -0.05) is 134 Å². The van der Waals surface area contributed by atoms with E-state index in [0.717, 1.165) is 25.7 Å². The summed E-state index contributed by atoms with van der Waals surface area (Å²) in [5, 5.41) is 10.5. The van der Waals surface area contributed by atoms with Crippen LogP contribution in [-0.4, -0.2) is 145 Å². The van der Waals surface area contributed by atoms with Gasteiger partial charge in [-0.3, -0.25) is 53.1 Å². The number of carboxylic acids is 1. The highest BCUT2D eigenvalue weighted by Crippen LogP contribution is 2.55. The smallest absolute Gasteiger partial charge is 0.309 e. The molecule has 3 aliphatic heterocycles. The summed E-state index contributed by atoms with van der Waals surface area (Å²) in [6.45, 7) is 25.9. The third-order valence-electron chi connectivity index (χ3n) is 16.4. The maximum Gasteiger partial charge on any atom is 0.309 e. The summed E-state index contributed by atoms with van der Waals surface area (Å²) in [4.78, 5) is 121. The van der Waals surface area contributed by atoms with E-state index in [9.17, 15) is 29.1 Å². The normalized spacial score (nSPS) is 23.5. The van der Waals surface area contributed by atoms with Crippen LogP contribution in [0.3, 0.4) is 0 Å². The summed E-state index contributed by atoms with van der Waals surface area (Å²) < 4.78 is 16.2. The van der Waals surface area contributed by atoms with Crippen molar-refractivity contribution in [3.63, 3.8) is 0 Å². The topological polar surface area (TPSA) is 197 Å². The molecule has 0 aromatic rings. The van der Waals surface area contributed by atoms with Crippen molar-refractivity contribution in [2.24, 2.45) is 69.0 Å². The molecule has 16 nitrogen and oxygen atoms in total. The molecule has 0 radical (unpaired) electrons. The van der Waals surface area contributed by atoms with Gasteiger partial charge in [-0.05, 0) is 81.7 Å². The molecule has 0 aromatic carbocycles. The van der Waals surface area contributed by atoms with Gasteiger partial charge in [0.15, 0.2) is 0 Å². The second kappa shape index (κ2) is 28.0. The molecule has 3 aliphatic rings. The molecule has 74 heavy (non-hydrogen) atoms. The molecule has 6 amide bonds. The van der Waals surface area contributed by atoms with Gasteiger partial charge >= 0.3 is 11.9 Å². The van der Waals surface area contributed by atoms with E-state index in [1.54, 1.807) is 34.8 Å². The quantitative estimate of drug-likeness (QED) is 0.0365. The number of rotatable bonds is 34. The van der Waals surface area contributed by atoms with Crippen molar-refractivity contribution in [1.29, 1.82) is 0 Å². The van der Waals surface area contributed by atoms with Gasteiger partial charge < -0.3 is 24.2 Å². The Labute approximate surface area is 445 Å². The number of carbonyl (C=O) groups is 8. The van der Waals surface area contributed by atoms with Crippen LogP contribution in [0.25, 0.3) is 0 Å². The van der Waals surface area contributed by atoms with Gasteiger partial charge in [0.25, 0.3) is 0 Å². The average molecular weight is 1050 g/mol. The molecule has 424 valence electrons. The van der Waals surface area contributed by atoms with E-state index in [2.05, 4.69) is 6.92 Å². The van der Waals surface area contributed by atoms with Gasteiger partial charge in [-0.2, -0.15) is 0 Å². The molecule has 16 heteroatoms. The van der Waals surface area contributed by atoms with Crippen LogP contribution in [0, 0.1) is 69.0 Å². The molecule has 3 rings (SSSR count). The third-order valence-corrected chi connectivity index (χ3v) is 16.4. The second-order valence-electron chi connectivity index (χ2n) is 25.7. The van der Waals surface area contributed by atoms with Crippen LogP contribution in [0.5, 0.6) is 0 Å². The number of carbonyl (C=O) groups excluding carboxylic acids is 7. The molecule has 3 heterocycles. The SMILES string of the molecule is CCCCCCCCCCCCN1C(=O)C(CC(C)(C)C2C(=O)N(CCN(C)C)C(=O)C2CC(C)(C)C2C(=O)N(C(C)COCCOC)C(=O)C2CC(C)(C)C)C(C(C)(C)CC(C(=O)O)C(C)C(=O)OCC)C1=O. The maximum atomic E-state index is 15.1. The highest BCUT2D eigenvalue weighted by Gasteiger charge is 2.62. The average Bonchev–Trinajstić information content (AvgIpc) is 3.78. The monoisotopic (exact) mass is 1040 g/mol. The van der Waals surface area contributed by atoms with Gasteiger partial charge in [0.1, 0.15) is 0 Å². The van der Waals surface area contributed by atoms with E-state index < -0.39 is 93.4 Å². The van der Waals surface area contributed by atoms with Crippen molar-refractivity contribution >= 4 is 47.4 Å². The van der Waals surface area contributed by atoms with Crippen LogP contribution in [-0.2, 0) is 52.6 Å². The summed E-state index contributed by atoms with van der Waals surface area (Å²) in [7, 11) is 5.28. The number of imide groups is 3. The van der Waals surface area contributed by atoms with Gasteiger partial charge in [-0.25, -0.2) is 0 Å². The fourth-order valence-electron chi connectivity index (χ4n) is 12.6. The third kappa shape index (κ3) is 16.6. The second-order valence-corrected chi connectivity index (χ2v) is 25.7. The van der Waals surface area contributed by atoms with Gasteiger partial charge in [-0.15, -0.1) is 0 Å². The highest BCUT2D eigenvalue weighted by atomic mass is 16.5. The minimum Gasteiger partial charge on any atom is -0.481 e. The lowest BCUT2D eigenvalue weighted by Crippen LogP contribution is -2.44. The molecule has 9 unspecified atom stereocenters.